The molecule has 0 unspecified atom stereocenters. The van der Waals surface area contributed by atoms with Crippen LogP contribution in [0.5, 0.6) is 11.5 Å². The van der Waals surface area contributed by atoms with E-state index in [9.17, 15) is 8.42 Å². The zero-order chi connectivity index (χ0) is 19.6. The van der Waals surface area contributed by atoms with Gasteiger partial charge in [-0.3, -0.25) is 4.72 Å². The van der Waals surface area contributed by atoms with Gasteiger partial charge < -0.3 is 14.4 Å². The number of likely N-dealkylation sites (tertiary alicyclic amines) is 1. The number of methoxy groups -OCH3 is 1. The van der Waals surface area contributed by atoms with E-state index in [2.05, 4.69) is 25.6 Å². The molecule has 1 aliphatic heterocycles. The van der Waals surface area contributed by atoms with E-state index < -0.39 is 10.0 Å². The molecule has 2 aromatic carbocycles. The minimum atomic E-state index is -3.86. The molecule has 1 heterocycles. The van der Waals surface area contributed by atoms with Gasteiger partial charge in [0.25, 0.3) is 10.0 Å². The van der Waals surface area contributed by atoms with Gasteiger partial charge in [-0.2, -0.15) is 0 Å². The molecule has 0 spiro atoms. The SMILES string of the molecule is COc1ccc(Br)cc1S(=O)(=O)Nc1ccc(Cl)c(O[C@H]2CCN(C)C2)c1. The summed E-state index contributed by atoms with van der Waals surface area (Å²) in [5.41, 5.74) is 0.364. The molecule has 1 atom stereocenters. The van der Waals surface area contributed by atoms with Crippen LogP contribution in [-0.4, -0.2) is 46.7 Å². The molecule has 3 rings (SSSR count). The van der Waals surface area contributed by atoms with Crippen LogP contribution in [0.15, 0.2) is 45.8 Å². The van der Waals surface area contributed by atoms with Gasteiger partial charge in [0.1, 0.15) is 22.5 Å². The molecule has 6 nitrogen and oxygen atoms in total. The molecule has 0 aliphatic carbocycles. The maximum Gasteiger partial charge on any atom is 0.265 e. The van der Waals surface area contributed by atoms with Crippen LogP contribution in [-0.2, 0) is 10.0 Å². The van der Waals surface area contributed by atoms with Crippen LogP contribution in [0.25, 0.3) is 0 Å². The third-order valence-electron chi connectivity index (χ3n) is 4.24. The number of benzene rings is 2. The van der Waals surface area contributed by atoms with E-state index in [0.717, 1.165) is 19.5 Å². The summed E-state index contributed by atoms with van der Waals surface area (Å²) in [5, 5.41) is 0.438. The lowest BCUT2D eigenvalue weighted by Crippen LogP contribution is -2.21. The van der Waals surface area contributed by atoms with Crippen molar-refractivity contribution in [2.75, 3.05) is 32.0 Å². The van der Waals surface area contributed by atoms with Crippen molar-refractivity contribution < 1.29 is 17.9 Å². The first kappa shape index (κ1) is 20.3. The number of sulfonamides is 1. The zero-order valence-corrected chi connectivity index (χ0v) is 18.1. The first-order valence-electron chi connectivity index (χ1n) is 8.29. The Morgan fingerprint density at radius 1 is 1.22 bits per heavy atom. The van der Waals surface area contributed by atoms with Crippen molar-refractivity contribution >= 4 is 43.2 Å². The number of nitrogens with one attached hydrogen (secondary N) is 1. The van der Waals surface area contributed by atoms with Crippen LogP contribution in [0.1, 0.15) is 6.42 Å². The van der Waals surface area contributed by atoms with Crippen LogP contribution in [0.3, 0.4) is 0 Å². The number of halogens is 2. The van der Waals surface area contributed by atoms with E-state index in [4.69, 9.17) is 21.1 Å². The topological polar surface area (TPSA) is 67.9 Å². The normalized spacial score (nSPS) is 17.7. The van der Waals surface area contributed by atoms with Gasteiger partial charge in [0.15, 0.2) is 0 Å². The minimum Gasteiger partial charge on any atom is -0.495 e. The standard InChI is InChI=1S/C18H20BrClN2O4S/c1-22-8-7-14(11-22)26-17-10-13(4-5-15(17)20)21-27(23,24)18-9-12(19)3-6-16(18)25-2/h3-6,9-10,14,21H,7-8,11H2,1-2H3/t14-/m0/s1. The van der Waals surface area contributed by atoms with Crippen LogP contribution in [0.4, 0.5) is 5.69 Å². The summed E-state index contributed by atoms with van der Waals surface area (Å²) in [7, 11) is -0.402. The number of rotatable bonds is 6. The van der Waals surface area contributed by atoms with Crippen molar-refractivity contribution in [2.24, 2.45) is 0 Å². The van der Waals surface area contributed by atoms with E-state index in [1.165, 1.54) is 13.2 Å². The summed E-state index contributed by atoms with van der Waals surface area (Å²) in [6, 6.07) is 9.60. The minimum absolute atomic E-state index is 0.0320. The van der Waals surface area contributed by atoms with Crippen LogP contribution in [0, 0.1) is 0 Å². The number of nitrogens with zero attached hydrogens (tertiary/aromatic N) is 1. The Bertz CT molecular complexity index is 939. The first-order chi connectivity index (χ1) is 12.8. The lowest BCUT2D eigenvalue weighted by Gasteiger charge is -2.17. The van der Waals surface area contributed by atoms with E-state index in [1.807, 2.05) is 7.05 Å². The van der Waals surface area contributed by atoms with Crippen LogP contribution in [0.2, 0.25) is 5.02 Å². The van der Waals surface area contributed by atoms with Crippen molar-refractivity contribution in [3.63, 3.8) is 0 Å². The van der Waals surface area contributed by atoms with E-state index in [1.54, 1.807) is 30.3 Å². The van der Waals surface area contributed by atoms with Crippen LogP contribution < -0.4 is 14.2 Å². The summed E-state index contributed by atoms with van der Waals surface area (Å²) in [5.74, 6) is 0.712. The summed E-state index contributed by atoms with van der Waals surface area (Å²) in [4.78, 5) is 2.21. The van der Waals surface area contributed by atoms with Gasteiger partial charge in [-0.25, -0.2) is 8.42 Å². The molecule has 1 fully saturated rings. The molecule has 1 N–H and O–H groups in total. The number of hydrogen-bond donors (Lipinski definition) is 1. The average Bonchev–Trinajstić information content (AvgIpc) is 3.02. The molecule has 0 aromatic heterocycles. The van der Waals surface area contributed by atoms with Gasteiger partial charge in [-0.05, 0) is 43.8 Å². The Kier molecular flexibility index (Phi) is 6.20. The molecule has 2 aromatic rings. The summed E-state index contributed by atoms with van der Waals surface area (Å²) >= 11 is 9.51. The van der Waals surface area contributed by atoms with Crippen molar-refractivity contribution in [1.29, 1.82) is 0 Å². The van der Waals surface area contributed by atoms with E-state index in [0.29, 0.717) is 20.9 Å². The molecule has 9 heteroatoms. The molecule has 0 amide bonds. The van der Waals surface area contributed by atoms with Gasteiger partial charge in [0.05, 0.1) is 17.8 Å². The van der Waals surface area contributed by atoms with E-state index in [-0.39, 0.29) is 16.7 Å². The Morgan fingerprint density at radius 3 is 2.67 bits per heavy atom. The smallest absolute Gasteiger partial charge is 0.265 e. The van der Waals surface area contributed by atoms with Crippen LogP contribution >= 0.6 is 27.5 Å². The lowest BCUT2D eigenvalue weighted by atomic mass is 10.3. The number of anilines is 1. The molecule has 1 aliphatic rings. The highest BCUT2D eigenvalue weighted by Gasteiger charge is 2.23. The Labute approximate surface area is 172 Å². The highest BCUT2D eigenvalue weighted by atomic mass is 79.9. The van der Waals surface area contributed by atoms with Gasteiger partial charge >= 0.3 is 0 Å². The average molecular weight is 476 g/mol. The fourth-order valence-electron chi connectivity index (χ4n) is 2.90. The van der Waals surface area contributed by atoms with Gasteiger partial charge in [-0.15, -0.1) is 0 Å². The largest absolute Gasteiger partial charge is 0.495 e. The fraction of sp³-hybridized carbons (Fsp3) is 0.333. The van der Waals surface area contributed by atoms with Crippen molar-refractivity contribution in [3.05, 3.63) is 45.9 Å². The number of hydrogen-bond acceptors (Lipinski definition) is 5. The predicted molar refractivity (Wildman–Crippen MR) is 109 cm³/mol. The molecular weight excluding hydrogens is 456 g/mol. The Hall–Kier alpha value is -1.48. The molecule has 27 heavy (non-hydrogen) atoms. The summed E-state index contributed by atoms with van der Waals surface area (Å²) in [6.45, 7) is 1.76. The molecular formula is C18H20BrClN2O4S. The first-order valence-corrected chi connectivity index (χ1v) is 10.9. The molecule has 146 valence electrons. The Morgan fingerprint density at radius 2 is 2.00 bits per heavy atom. The van der Waals surface area contributed by atoms with Gasteiger partial charge in [0.2, 0.25) is 0 Å². The van der Waals surface area contributed by atoms with Crippen molar-refractivity contribution in [2.45, 2.75) is 17.4 Å². The van der Waals surface area contributed by atoms with Gasteiger partial charge in [-0.1, -0.05) is 27.5 Å². The highest BCUT2D eigenvalue weighted by Crippen LogP contribution is 2.33. The number of ether oxygens (including phenoxy) is 2. The Balaban J connectivity index is 1.85. The fourth-order valence-corrected chi connectivity index (χ4v) is 4.82. The number of likely N-dealkylation sites (N-methyl/N-ethyl adjacent to an activating group) is 1. The maximum absolute atomic E-state index is 12.8. The predicted octanol–water partition coefficient (Wildman–Crippen LogP) is 3.99. The van der Waals surface area contributed by atoms with E-state index >= 15 is 0 Å². The molecule has 0 bridgehead atoms. The molecule has 1 saturated heterocycles. The van der Waals surface area contributed by atoms with Gasteiger partial charge in [0, 0.05) is 23.6 Å². The quantitative estimate of drug-likeness (QED) is 0.684. The third kappa shape index (κ3) is 4.87. The second kappa shape index (κ2) is 8.26. The highest BCUT2D eigenvalue weighted by molar-refractivity contribution is 9.10. The second-order valence-corrected chi connectivity index (χ2v) is 9.31. The molecule has 0 radical (unpaired) electrons. The summed E-state index contributed by atoms with van der Waals surface area (Å²) < 4.78 is 40.0. The van der Waals surface area contributed by atoms with Crippen molar-refractivity contribution in [3.8, 4) is 11.5 Å². The molecule has 0 saturated carbocycles. The summed E-state index contributed by atoms with van der Waals surface area (Å²) in [6.07, 6.45) is 0.933. The van der Waals surface area contributed by atoms with Crippen molar-refractivity contribution in [1.82, 2.24) is 4.90 Å². The second-order valence-electron chi connectivity index (χ2n) is 6.34. The maximum atomic E-state index is 12.8. The zero-order valence-electron chi connectivity index (χ0n) is 14.9. The third-order valence-corrected chi connectivity index (χ3v) is 6.45. The monoisotopic (exact) mass is 474 g/mol. The lowest BCUT2D eigenvalue weighted by molar-refractivity contribution is 0.208.